The van der Waals surface area contributed by atoms with Crippen LogP contribution in [0.3, 0.4) is 0 Å². The van der Waals surface area contributed by atoms with Crippen molar-refractivity contribution < 1.29 is 0 Å². The van der Waals surface area contributed by atoms with Crippen LogP contribution in [0.25, 0.3) is 11.2 Å². The van der Waals surface area contributed by atoms with Gasteiger partial charge in [-0.2, -0.15) is 14.9 Å². The Morgan fingerprint density at radius 1 is 1.29 bits per heavy atom. The number of nitrogens with one attached hydrogen (secondary N) is 1. The van der Waals surface area contributed by atoms with E-state index in [0.717, 1.165) is 70.8 Å². The number of hydrogen-bond donors (Lipinski definition) is 1. The zero-order valence-electron chi connectivity index (χ0n) is 21.1. The molecule has 0 atom stereocenters. The molecule has 0 fully saturated rings. The SMILES string of the molecule is C=C(/C=C\C=C/CC)c1cc(NCCCN(C)Cc2ccccc2C#N)n2ncc(Br)c2n1.CC. The second-order valence-electron chi connectivity index (χ2n) is 7.76. The number of halogens is 1. The zero-order valence-corrected chi connectivity index (χ0v) is 22.7. The largest absolute Gasteiger partial charge is 0.370 e. The molecule has 2 aromatic heterocycles. The normalized spacial score (nSPS) is 11.1. The van der Waals surface area contributed by atoms with E-state index in [0.29, 0.717) is 0 Å². The van der Waals surface area contributed by atoms with E-state index in [2.05, 4.69) is 63.9 Å². The second-order valence-corrected chi connectivity index (χ2v) is 8.62. The number of aromatic nitrogens is 3. The molecule has 3 rings (SSSR count). The van der Waals surface area contributed by atoms with Gasteiger partial charge in [-0.15, -0.1) is 0 Å². The molecule has 0 aliphatic heterocycles. The van der Waals surface area contributed by atoms with Crippen LogP contribution < -0.4 is 5.32 Å². The number of hydrogen-bond acceptors (Lipinski definition) is 5. The Morgan fingerprint density at radius 3 is 2.80 bits per heavy atom. The monoisotopic (exact) mass is 534 g/mol. The molecule has 1 aromatic carbocycles. The molecular weight excluding hydrogens is 500 g/mol. The standard InChI is InChI=1S/C26H29BrN6.C2H6/c1-4-5-6-7-11-20(2)24-16-25(33-26(31-24)23(27)18-30-33)29-14-10-15-32(3)19-22-13-9-8-12-21(22)17-28;1-2/h5-9,11-13,16,18,29H,2,4,10,14-15,19H2,1,3H3;1-2H3/b6-5-,11-7-;. The predicted molar refractivity (Wildman–Crippen MR) is 150 cm³/mol. The summed E-state index contributed by atoms with van der Waals surface area (Å²) < 4.78 is 2.64. The molecule has 0 unspecified atom stereocenters. The molecule has 0 aliphatic rings. The third kappa shape index (κ3) is 8.20. The van der Waals surface area contributed by atoms with E-state index >= 15 is 0 Å². The third-order valence-corrected chi connectivity index (χ3v) is 5.70. The molecule has 184 valence electrons. The highest BCUT2D eigenvalue weighted by molar-refractivity contribution is 9.10. The van der Waals surface area contributed by atoms with Crippen molar-refractivity contribution in [3.8, 4) is 6.07 Å². The Morgan fingerprint density at radius 2 is 2.06 bits per heavy atom. The second kappa shape index (κ2) is 14.9. The number of anilines is 1. The average molecular weight is 536 g/mol. The molecule has 7 heteroatoms. The maximum Gasteiger partial charge on any atom is 0.172 e. The van der Waals surface area contributed by atoms with Gasteiger partial charge in [-0.05, 0) is 59.6 Å². The Balaban J connectivity index is 0.00000210. The lowest BCUT2D eigenvalue weighted by atomic mass is 10.1. The Bertz CT molecular complexity index is 1200. The van der Waals surface area contributed by atoms with E-state index in [1.807, 2.05) is 62.4 Å². The first-order valence-electron chi connectivity index (χ1n) is 12.0. The van der Waals surface area contributed by atoms with E-state index in [1.165, 1.54) is 0 Å². The van der Waals surface area contributed by atoms with Crippen molar-refractivity contribution in [2.45, 2.75) is 40.2 Å². The molecule has 2 heterocycles. The van der Waals surface area contributed by atoms with Crippen LogP contribution in [0.1, 0.15) is 50.4 Å². The number of rotatable bonds is 11. The summed E-state index contributed by atoms with van der Waals surface area (Å²) in [5.74, 6) is 0.872. The van der Waals surface area contributed by atoms with E-state index in [4.69, 9.17) is 4.98 Å². The number of nitriles is 1. The maximum absolute atomic E-state index is 9.28. The van der Waals surface area contributed by atoms with Crippen LogP contribution >= 0.6 is 15.9 Å². The summed E-state index contributed by atoms with van der Waals surface area (Å²) in [5.41, 5.74) is 4.18. The fraction of sp³-hybridized carbons (Fsp3) is 0.321. The molecule has 6 nitrogen and oxygen atoms in total. The van der Waals surface area contributed by atoms with Crippen LogP contribution in [-0.2, 0) is 6.54 Å². The van der Waals surface area contributed by atoms with Gasteiger partial charge in [-0.25, -0.2) is 4.98 Å². The lowest BCUT2D eigenvalue weighted by Crippen LogP contribution is -2.22. The van der Waals surface area contributed by atoms with Crippen LogP contribution in [0.15, 0.2) is 71.9 Å². The van der Waals surface area contributed by atoms with Crippen LogP contribution in [0.5, 0.6) is 0 Å². The van der Waals surface area contributed by atoms with Gasteiger partial charge in [0.25, 0.3) is 0 Å². The minimum atomic E-state index is 0.734. The maximum atomic E-state index is 9.28. The van der Waals surface area contributed by atoms with Crippen LogP contribution in [0.4, 0.5) is 5.82 Å². The average Bonchev–Trinajstić information content (AvgIpc) is 3.26. The Hall–Kier alpha value is -3.21. The Kier molecular flexibility index (Phi) is 12.0. The van der Waals surface area contributed by atoms with Gasteiger partial charge in [0.15, 0.2) is 5.65 Å². The molecule has 35 heavy (non-hydrogen) atoms. The number of allylic oxidation sites excluding steroid dienone is 5. The minimum Gasteiger partial charge on any atom is -0.370 e. The molecule has 3 aromatic rings. The molecule has 0 radical (unpaired) electrons. The summed E-state index contributed by atoms with van der Waals surface area (Å²) in [7, 11) is 2.07. The lowest BCUT2D eigenvalue weighted by molar-refractivity contribution is 0.325. The summed E-state index contributed by atoms with van der Waals surface area (Å²) in [5, 5.41) is 17.2. The minimum absolute atomic E-state index is 0.734. The molecule has 0 amide bonds. The first-order valence-corrected chi connectivity index (χ1v) is 12.8. The first kappa shape index (κ1) is 28.0. The van der Waals surface area contributed by atoms with Gasteiger partial charge < -0.3 is 10.2 Å². The molecule has 0 aliphatic carbocycles. The van der Waals surface area contributed by atoms with Crippen LogP contribution in [-0.4, -0.2) is 39.6 Å². The van der Waals surface area contributed by atoms with Gasteiger partial charge in [0.05, 0.1) is 28.0 Å². The van der Waals surface area contributed by atoms with Gasteiger partial charge in [0, 0.05) is 19.2 Å². The summed E-state index contributed by atoms with van der Waals surface area (Å²) in [4.78, 5) is 6.95. The van der Waals surface area contributed by atoms with Crippen molar-refractivity contribution in [3.63, 3.8) is 0 Å². The summed E-state index contributed by atoms with van der Waals surface area (Å²) in [6, 6.07) is 12.0. The van der Waals surface area contributed by atoms with Crippen LogP contribution in [0.2, 0.25) is 0 Å². The number of fused-ring (bicyclic) bond motifs is 1. The highest BCUT2D eigenvalue weighted by Crippen LogP contribution is 2.23. The van der Waals surface area contributed by atoms with E-state index in [-0.39, 0.29) is 0 Å². The van der Waals surface area contributed by atoms with Gasteiger partial charge in [-0.3, -0.25) is 0 Å². The van der Waals surface area contributed by atoms with Crippen molar-refractivity contribution in [2.75, 3.05) is 25.5 Å². The molecule has 0 bridgehead atoms. The molecule has 0 spiro atoms. The van der Waals surface area contributed by atoms with Crippen molar-refractivity contribution in [1.29, 1.82) is 5.26 Å². The number of nitrogens with zero attached hydrogens (tertiary/aromatic N) is 5. The van der Waals surface area contributed by atoms with Crippen molar-refractivity contribution in [3.05, 3.63) is 88.7 Å². The van der Waals surface area contributed by atoms with Gasteiger partial charge in [-0.1, -0.05) is 69.9 Å². The molecular formula is C28H35BrN6. The first-order chi connectivity index (χ1) is 17.0. The van der Waals surface area contributed by atoms with E-state index in [1.54, 1.807) is 10.7 Å². The highest BCUT2D eigenvalue weighted by atomic mass is 79.9. The quantitative estimate of drug-likeness (QED) is 0.215. The molecule has 0 saturated heterocycles. The zero-order chi connectivity index (χ0) is 25.6. The molecule has 0 saturated carbocycles. The predicted octanol–water partition coefficient (Wildman–Crippen LogP) is 6.86. The van der Waals surface area contributed by atoms with Gasteiger partial charge in [0.1, 0.15) is 5.82 Å². The third-order valence-electron chi connectivity index (χ3n) is 5.14. The van der Waals surface area contributed by atoms with Gasteiger partial charge in [0.2, 0.25) is 0 Å². The fourth-order valence-corrected chi connectivity index (χ4v) is 3.75. The van der Waals surface area contributed by atoms with Crippen molar-refractivity contribution in [2.24, 2.45) is 0 Å². The van der Waals surface area contributed by atoms with Crippen molar-refractivity contribution >= 4 is 33.0 Å². The van der Waals surface area contributed by atoms with E-state index in [9.17, 15) is 5.26 Å². The van der Waals surface area contributed by atoms with Crippen molar-refractivity contribution in [1.82, 2.24) is 19.5 Å². The summed E-state index contributed by atoms with van der Waals surface area (Å²) in [6.07, 6.45) is 11.7. The molecule has 1 N–H and O–H groups in total. The highest BCUT2D eigenvalue weighted by Gasteiger charge is 2.11. The smallest absolute Gasteiger partial charge is 0.172 e. The topological polar surface area (TPSA) is 69.2 Å². The van der Waals surface area contributed by atoms with Crippen LogP contribution in [0, 0.1) is 11.3 Å². The Labute approximate surface area is 217 Å². The van der Waals surface area contributed by atoms with E-state index < -0.39 is 0 Å². The van der Waals surface area contributed by atoms with Gasteiger partial charge >= 0.3 is 0 Å². The summed E-state index contributed by atoms with van der Waals surface area (Å²) >= 11 is 3.54. The number of benzene rings is 1. The summed E-state index contributed by atoms with van der Waals surface area (Å²) in [6.45, 7) is 12.7. The lowest BCUT2D eigenvalue weighted by Gasteiger charge is -2.18. The fourth-order valence-electron chi connectivity index (χ4n) is 3.40.